The third-order valence-electron chi connectivity index (χ3n) is 2.80. The summed E-state index contributed by atoms with van der Waals surface area (Å²) in [6.07, 6.45) is -1.41. The SMILES string of the molecule is COc1ncc(C(O)C(O)CCO)c(C)c1[N+](=O)[O-]. The van der Waals surface area contributed by atoms with Crippen LogP contribution in [0.25, 0.3) is 0 Å². The summed E-state index contributed by atoms with van der Waals surface area (Å²) in [4.78, 5) is 14.1. The second-order valence-electron chi connectivity index (χ2n) is 3.98. The van der Waals surface area contributed by atoms with E-state index in [2.05, 4.69) is 4.98 Å². The van der Waals surface area contributed by atoms with Gasteiger partial charge >= 0.3 is 5.69 Å². The predicted octanol–water partition coefficient (Wildman–Crippen LogP) is 0.0835. The maximum absolute atomic E-state index is 11.0. The van der Waals surface area contributed by atoms with Crippen LogP contribution in [0, 0.1) is 17.0 Å². The smallest absolute Gasteiger partial charge is 0.334 e. The van der Waals surface area contributed by atoms with Crippen molar-refractivity contribution in [2.75, 3.05) is 13.7 Å². The summed E-state index contributed by atoms with van der Waals surface area (Å²) in [5, 5.41) is 39.2. The number of methoxy groups -OCH3 is 1. The van der Waals surface area contributed by atoms with Crippen molar-refractivity contribution in [3.63, 3.8) is 0 Å². The number of pyridine rings is 1. The van der Waals surface area contributed by atoms with E-state index < -0.39 is 17.1 Å². The third kappa shape index (κ3) is 3.16. The molecule has 19 heavy (non-hydrogen) atoms. The number of hydrogen-bond donors (Lipinski definition) is 3. The monoisotopic (exact) mass is 272 g/mol. The average molecular weight is 272 g/mol. The van der Waals surface area contributed by atoms with Crippen LogP contribution in [0.4, 0.5) is 5.69 Å². The fourth-order valence-corrected chi connectivity index (χ4v) is 1.74. The summed E-state index contributed by atoms with van der Waals surface area (Å²) in [6.45, 7) is 1.13. The molecule has 1 aromatic heterocycles. The number of nitro groups is 1. The summed E-state index contributed by atoms with van der Waals surface area (Å²) < 4.78 is 4.79. The summed E-state index contributed by atoms with van der Waals surface area (Å²) in [5.74, 6) is -0.157. The highest BCUT2D eigenvalue weighted by molar-refractivity contribution is 5.51. The number of nitrogens with zero attached hydrogens (tertiary/aromatic N) is 2. The van der Waals surface area contributed by atoms with Crippen molar-refractivity contribution in [2.24, 2.45) is 0 Å². The lowest BCUT2D eigenvalue weighted by Gasteiger charge is -2.19. The van der Waals surface area contributed by atoms with E-state index in [9.17, 15) is 20.3 Å². The second kappa shape index (κ2) is 6.41. The molecule has 8 heteroatoms. The largest absolute Gasteiger partial charge is 0.476 e. The molecule has 0 saturated carbocycles. The molecule has 1 heterocycles. The molecule has 1 aromatic rings. The number of hydrogen-bond acceptors (Lipinski definition) is 7. The standard InChI is InChI=1S/C11H16N2O6/c1-6-7(10(16)8(15)3-4-14)5-12-11(19-2)9(6)13(17)18/h5,8,10,14-16H,3-4H2,1-2H3. The van der Waals surface area contributed by atoms with Crippen LogP contribution in [0.2, 0.25) is 0 Å². The Morgan fingerprint density at radius 2 is 2.16 bits per heavy atom. The summed E-state index contributed by atoms with van der Waals surface area (Å²) >= 11 is 0. The van der Waals surface area contributed by atoms with Crippen molar-refractivity contribution < 1.29 is 25.0 Å². The zero-order valence-electron chi connectivity index (χ0n) is 10.6. The van der Waals surface area contributed by atoms with E-state index in [-0.39, 0.29) is 35.7 Å². The highest BCUT2D eigenvalue weighted by atomic mass is 16.6. The van der Waals surface area contributed by atoms with Crippen molar-refractivity contribution in [3.05, 3.63) is 27.4 Å². The van der Waals surface area contributed by atoms with Crippen molar-refractivity contribution in [2.45, 2.75) is 25.6 Å². The molecule has 0 radical (unpaired) electrons. The Morgan fingerprint density at radius 1 is 1.53 bits per heavy atom. The molecule has 2 atom stereocenters. The van der Waals surface area contributed by atoms with Crippen LogP contribution in [-0.2, 0) is 0 Å². The van der Waals surface area contributed by atoms with Crippen LogP contribution in [0.15, 0.2) is 6.20 Å². The van der Waals surface area contributed by atoms with Crippen molar-refractivity contribution in [1.82, 2.24) is 4.98 Å². The zero-order valence-corrected chi connectivity index (χ0v) is 10.6. The summed E-state index contributed by atoms with van der Waals surface area (Å²) in [5.41, 5.74) is -0.0509. The minimum Gasteiger partial charge on any atom is -0.476 e. The molecule has 0 bridgehead atoms. The number of aliphatic hydroxyl groups is 3. The first-order valence-corrected chi connectivity index (χ1v) is 5.58. The Kier molecular flexibility index (Phi) is 5.16. The molecule has 2 unspecified atom stereocenters. The van der Waals surface area contributed by atoms with Crippen molar-refractivity contribution in [3.8, 4) is 5.88 Å². The highest BCUT2D eigenvalue weighted by Gasteiger charge is 2.28. The Morgan fingerprint density at radius 3 is 2.63 bits per heavy atom. The maximum Gasteiger partial charge on any atom is 0.334 e. The normalized spacial score (nSPS) is 13.9. The van der Waals surface area contributed by atoms with Gasteiger partial charge in [-0.15, -0.1) is 0 Å². The van der Waals surface area contributed by atoms with Gasteiger partial charge in [0.2, 0.25) is 0 Å². The molecule has 0 fully saturated rings. The van der Waals surface area contributed by atoms with Gasteiger partial charge in [0.25, 0.3) is 5.88 Å². The maximum atomic E-state index is 11.0. The van der Waals surface area contributed by atoms with Crippen LogP contribution < -0.4 is 4.74 Å². The van der Waals surface area contributed by atoms with E-state index in [1.807, 2.05) is 0 Å². The van der Waals surface area contributed by atoms with Gasteiger partial charge in [0, 0.05) is 23.9 Å². The molecule has 3 N–H and O–H groups in total. The number of rotatable bonds is 6. The Labute approximate surface area is 109 Å². The van der Waals surface area contributed by atoms with Gasteiger partial charge in [-0.2, -0.15) is 0 Å². The number of aliphatic hydroxyl groups excluding tert-OH is 3. The van der Waals surface area contributed by atoms with Gasteiger partial charge in [0.1, 0.15) is 6.10 Å². The molecule has 0 aliphatic rings. The lowest BCUT2D eigenvalue weighted by molar-refractivity contribution is -0.386. The summed E-state index contributed by atoms with van der Waals surface area (Å²) in [6, 6.07) is 0. The van der Waals surface area contributed by atoms with E-state index >= 15 is 0 Å². The number of aromatic nitrogens is 1. The van der Waals surface area contributed by atoms with Crippen LogP contribution >= 0.6 is 0 Å². The van der Waals surface area contributed by atoms with Gasteiger partial charge in [-0.25, -0.2) is 4.98 Å². The number of ether oxygens (including phenoxy) is 1. The van der Waals surface area contributed by atoms with Crippen LogP contribution in [0.3, 0.4) is 0 Å². The fraction of sp³-hybridized carbons (Fsp3) is 0.545. The Bertz CT molecular complexity index is 465. The quantitative estimate of drug-likeness (QED) is 0.494. The molecule has 0 saturated heterocycles. The van der Waals surface area contributed by atoms with E-state index in [0.717, 1.165) is 0 Å². The molecular formula is C11H16N2O6. The van der Waals surface area contributed by atoms with Crippen LogP contribution in [0.1, 0.15) is 23.7 Å². The molecule has 0 aromatic carbocycles. The van der Waals surface area contributed by atoms with Gasteiger partial charge < -0.3 is 20.1 Å². The molecular weight excluding hydrogens is 256 g/mol. The van der Waals surface area contributed by atoms with Gasteiger partial charge in [-0.05, 0) is 13.3 Å². The van der Waals surface area contributed by atoms with E-state index in [0.29, 0.717) is 0 Å². The van der Waals surface area contributed by atoms with Gasteiger partial charge in [-0.3, -0.25) is 10.1 Å². The third-order valence-corrected chi connectivity index (χ3v) is 2.80. The molecule has 8 nitrogen and oxygen atoms in total. The topological polar surface area (TPSA) is 126 Å². The van der Waals surface area contributed by atoms with Gasteiger partial charge in [-0.1, -0.05) is 0 Å². The van der Waals surface area contributed by atoms with Gasteiger partial charge in [0.05, 0.1) is 18.1 Å². The zero-order chi connectivity index (χ0) is 14.6. The summed E-state index contributed by atoms with van der Waals surface area (Å²) in [7, 11) is 1.26. The minimum atomic E-state index is -1.36. The van der Waals surface area contributed by atoms with E-state index in [1.54, 1.807) is 0 Å². The van der Waals surface area contributed by atoms with E-state index in [4.69, 9.17) is 9.84 Å². The first-order chi connectivity index (χ1) is 8.93. The first kappa shape index (κ1) is 15.3. The fourth-order valence-electron chi connectivity index (χ4n) is 1.74. The molecule has 0 aliphatic heterocycles. The van der Waals surface area contributed by atoms with E-state index in [1.165, 1.54) is 20.2 Å². The van der Waals surface area contributed by atoms with Crippen LogP contribution in [-0.4, -0.2) is 45.0 Å². The molecule has 1 rings (SSSR count). The van der Waals surface area contributed by atoms with Gasteiger partial charge in [0.15, 0.2) is 0 Å². The molecule has 0 spiro atoms. The lowest BCUT2D eigenvalue weighted by Crippen LogP contribution is -2.21. The molecule has 0 amide bonds. The van der Waals surface area contributed by atoms with Crippen LogP contribution in [0.5, 0.6) is 5.88 Å². The molecule has 0 aliphatic carbocycles. The highest BCUT2D eigenvalue weighted by Crippen LogP contribution is 2.33. The Balaban J connectivity index is 3.23. The Hall–Kier alpha value is -1.77. The van der Waals surface area contributed by atoms with Crippen molar-refractivity contribution >= 4 is 5.69 Å². The second-order valence-corrected chi connectivity index (χ2v) is 3.98. The predicted molar refractivity (Wildman–Crippen MR) is 64.8 cm³/mol. The minimum absolute atomic E-state index is 0.0412. The molecule has 106 valence electrons. The van der Waals surface area contributed by atoms with Crippen molar-refractivity contribution in [1.29, 1.82) is 0 Å². The first-order valence-electron chi connectivity index (χ1n) is 5.58. The average Bonchev–Trinajstić information content (AvgIpc) is 2.37. The lowest BCUT2D eigenvalue weighted by atomic mass is 9.99.